The summed E-state index contributed by atoms with van der Waals surface area (Å²) in [6.45, 7) is 1.17. The van der Waals surface area contributed by atoms with Gasteiger partial charge in [0.25, 0.3) is 0 Å². The minimum Gasteiger partial charge on any atom is -0.493 e. The van der Waals surface area contributed by atoms with Crippen molar-refractivity contribution in [1.82, 2.24) is 0 Å². The summed E-state index contributed by atoms with van der Waals surface area (Å²) in [5.74, 6) is 1.63. The zero-order valence-electron chi connectivity index (χ0n) is 11.9. The van der Waals surface area contributed by atoms with Crippen molar-refractivity contribution in [3.63, 3.8) is 0 Å². The molecule has 0 heterocycles. The van der Waals surface area contributed by atoms with E-state index in [0.717, 1.165) is 22.8 Å². The molecule has 0 aliphatic carbocycles. The highest BCUT2D eigenvalue weighted by Crippen LogP contribution is 2.26. The Balaban J connectivity index is 1.74. The summed E-state index contributed by atoms with van der Waals surface area (Å²) < 4.78 is 11.4. The maximum atomic E-state index is 8.82. The first-order valence-electron chi connectivity index (χ1n) is 6.72. The molecule has 0 fully saturated rings. The smallest absolute Gasteiger partial charge is 0.132 e. The number of rotatable bonds is 7. The third kappa shape index (κ3) is 4.73. The lowest BCUT2D eigenvalue weighted by atomic mass is 10.2. The number of hydrogen-bond donors (Lipinski definition) is 0. The SMILES string of the molecule is CSc1ccccc1OCCCOc1cccc(C#N)c1. The Morgan fingerprint density at radius 1 is 1.05 bits per heavy atom. The molecule has 0 spiro atoms. The predicted octanol–water partition coefficient (Wildman–Crippen LogP) is 4.13. The Hall–Kier alpha value is -2.12. The summed E-state index contributed by atoms with van der Waals surface area (Å²) in [5.41, 5.74) is 0.609. The highest BCUT2D eigenvalue weighted by Gasteiger charge is 2.01. The van der Waals surface area contributed by atoms with E-state index >= 15 is 0 Å². The quantitative estimate of drug-likeness (QED) is 0.569. The zero-order valence-corrected chi connectivity index (χ0v) is 12.7. The van der Waals surface area contributed by atoms with Crippen molar-refractivity contribution in [3.05, 3.63) is 54.1 Å². The van der Waals surface area contributed by atoms with E-state index in [2.05, 4.69) is 6.07 Å². The van der Waals surface area contributed by atoms with Crippen molar-refractivity contribution in [2.45, 2.75) is 11.3 Å². The molecule has 0 N–H and O–H groups in total. The van der Waals surface area contributed by atoms with Gasteiger partial charge in [0, 0.05) is 11.3 Å². The number of nitriles is 1. The van der Waals surface area contributed by atoms with Crippen LogP contribution in [0.5, 0.6) is 11.5 Å². The summed E-state index contributed by atoms with van der Waals surface area (Å²) in [4.78, 5) is 1.14. The van der Waals surface area contributed by atoms with Crippen LogP contribution in [0.15, 0.2) is 53.4 Å². The topological polar surface area (TPSA) is 42.2 Å². The van der Waals surface area contributed by atoms with Gasteiger partial charge in [0.05, 0.1) is 24.8 Å². The molecular weight excluding hydrogens is 282 g/mol. The van der Waals surface area contributed by atoms with Crippen LogP contribution < -0.4 is 9.47 Å². The molecule has 0 unspecified atom stereocenters. The molecular formula is C17H17NO2S. The number of ether oxygens (including phenoxy) is 2. The van der Waals surface area contributed by atoms with Gasteiger partial charge in [-0.05, 0) is 36.6 Å². The number of para-hydroxylation sites is 1. The number of nitrogens with zero attached hydrogens (tertiary/aromatic N) is 1. The molecule has 2 rings (SSSR count). The zero-order chi connectivity index (χ0) is 14.9. The van der Waals surface area contributed by atoms with Gasteiger partial charge in [0.15, 0.2) is 0 Å². The second kappa shape index (κ2) is 8.23. The molecule has 0 aliphatic rings. The van der Waals surface area contributed by atoms with E-state index in [0.29, 0.717) is 18.8 Å². The van der Waals surface area contributed by atoms with Crippen LogP contribution in [0.1, 0.15) is 12.0 Å². The van der Waals surface area contributed by atoms with E-state index in [-0.39, 0.29) is 0 Å². The van der Waals surface area contributed by atoms with E-state index in [4.69, 9.17) is 14.7 Å². The van der Waals surface area contributed by atoms with Gasteiger partial charge in [-0.1, -0.05) is 18.2 Å². The average Bonchev–Trinajstić information content (AvgIpc) is 2.55. The standard InChI is InChI=1S/C17H17NO2S/c1-21-17-9-3-2-8-16(17)20-11-5-10-19-15-7-4-6-14(12-15)13-18/h2-4,6-9,12H,5,10-11H2,1H3. The van der Waals surface area contributed by atoms with Gasteiger partial charge in [0.2, 0.25) is 0 Å². The highest BCUT2D eigenvalue weighted by molar-refractivity contribution is 7.98. The van der Waals surface area contributed by atoms with Gasteiger partial charge in [-0.2, -0.15) is 5.26 Å². The minimum atomic E-state index is 0.566. The first-order chi connectivity index (χ1) is 10.3. The molecule has 0 aromatic heterocycles. The molecule has 21 heavy (non-hydrogen) atoms. The lowest BCUT2D eigenvalue weighted by Gasteiger charge is -2.10. The third-order valence-electron chi connectivity index (χ3n) is 2.85. The monoisotopic (exact) mass is 299 g/mol. The van der Waals surface area contributed by atoms with E-state index in [1.54, 1.807) is 23.9 Å². The van der Waals surface area contributed by atoms with Crippen LogP contribution in [0.4, 0.5) is 0 Å². The van der Waals surface area contributed by atoms with E-state index in [1.165, 1.54) is 0 Å². The van der Waals surface area contributed by atoms with Gasteiger partial charge in [-0.25, -0.2) is 0 Å². The number of thioether (sulfide) groups is 1. The van der Waals surface area contributed by atoms with Gasteiger partial charge in [-0.3, -0.25) is 0 Å². The van der Waals surface area contributed by atoms with Crippen molar-refractivity contribution in [2.24, 2.45) is 0 Å². The Bertz CT molecular complexity index is 622. The molecule has 3 nitrogen and oxygen atoms in total. The molecule has 0 bridgehead atoms. The first kappa shape index (κ1) is 15.3. The first-order valence-corrected chi connectivity index (χ1v) is 7.95. The van der Waals surface area contributed by atoms with Crippen molar-refractivity contribution in [1.29, 1.82) is 5.26 Å². The molecule has 0 saturated carbocycles. The Morgan fingerprint density at radius 2 is 1.86 bits per heavy atom. The molecule has 0 saturated heterocycles. The van der Waals surface area contributed by atoms with E-state index in [1.807, 2.05) is 42.7 Å². The van der Waals surface area contributed by atoms with Crippen LogP contribution in [0.2, 0.25) is 0 Å². The normalized spacial score (nSPS) is 9.90. The maximum absolute atomic E-state index is 8.82. The lowest BCUT2D eigenvalue weighted by molar-refractivity contribution is 0.244. The summed E-state index contributed by atoms with van der Waals surface area (Å²) >= 11 is 1.67. The number of hydrogen-bond acceptors (Lipinski definition) is 4. The third-order valence-corrected chi connectivity index (χ3v) is 3.62. The van der Waals surface area contributed by atoms with Gasteiger partial charge in [-0.15, -0.1) is 11.8 Å². The van der Waals surface area contributed by atoms with Crippen LogP contribution in [-0.4, -0.2) is 19.5 Å². The molecule has 108 valence electrons. The highest BCUT2D eigenvalue weighted by atomic mass is 32.2. The van der Waals surface area contributed by atoms with Crippen LogP contribution in [0, 0.1) is 11.3 Å². The van der Waals surface area contributed by atoms with Crippen LogP contribution in [0.3, 0.4) is 0 Å². The van der Waals surface area contributed by atoms with E-state index in [9.17, 15) is 0 Å². The largest absolute Gasteiger partial charge is 0.493 e. The average molecular weight is 299 g/mol. The fourth-order valence-electron chi connectivity index (χ4n) is 1.82. The fraction of sp³-hybridized carbons (Fsp3) is 0.235. The second-order valence-corrected chi connectivity index (χ2v) is 5.19. The number of benzene rings is 2. The van der Waals surface area contributed by atoms with Crippen LogP contribution >= 0.6 is 11.8 Å². The van der Waals surface area contributed by atoms with Gasteiger partial charge < -0.3 is 9.47 Å². The lowest BCUT2D eigenvalue weighted by Crippen LogP contribution is -2.05. The Kier molecular flexibility index (Phi) is 5.99. The Morgan fingerprint density at radius 3 is 2.67 bits per heavy atom. The summed E-state index contributed by atoms with van der Waals surface area (Å²) in [7, 11) is 0. The molecule has 4 heteroatoms. The van der Waals surface area contributed by atoms with Gasteiger partial charge in [0.1, 0.15) is 11.5 Å². The second-order valence-electron chi connectivity index (χ2n) is 4.34. The van der Waals surface area contributed by atoms with Crippen LogP contribution in [-0.2, 0) is 0 Å². The summed E-state index contributed by atoms with van der Waals surface area (Å²) in [6.07, 6.45) is 2.83. The Labute approximate surface area is 129 Å². The minimum absolute atomic E-state index is 0.566. The van der Waals surface area contributed by atoms with Crippen molar-refractivity contribution < 1.29 is 9.47 Å². The van der Waals surface area contributed by atoms with Gasteiger partial charge >= 0.3 is 0 Å². The molecule has 0 radical (unpaired) electrons. The molecule has 0 atom stereocenters. The maximum Gasteiger partial charge on any atom is 0.132 e. The van der Waals surface area contributed by atoms with Crippen LogP contribution in [0.25, 0.3) is 0 Å². The van der Waals surface area contributed by atoms with E-state index < -0.39 is 0 Å². The van der Waals surface area contributed by atoms with Crippen molar-refractivity contribution in [3.8, 4) is 17.6 Å². The predicted molar refractivity (Wildman–Crippen MR) is 85.0 cm³/mol. The fourth-order valence-corrected chi connectivity index (χ4v) is 2.37. The van der Waals surface area contributed by atoms with Crippen molar-refractivity contribution >= 4 is 11.8 Å². The molecule has 0 amide bonds. The van der Waals surface area contributed by atoms with Crippen molar-refractivity contribution in [2.75, 3.05) is 19.5 Å². The molecule has 2 aromatic rings. The molecule has 0 aliphatic heterocycles. The summed E-state index contributed by atoms with van der Waals surface area (Å²) in [5, 5.41) is 8.82. The summed E-state index contributed by atoms with van der Waals surface area (Å²) in [6, 6.07) is 17.3. The molecule has 2 aromatic carbocycles.